The van der Waals surface area contributed by atoms with E-state index in [-0.39, 0.29) is 0 Å². The largest absolute Gasteiger partial charge is 0.251 e. The van der Waals surface area contributed by atoms with Crippen molar-refractivity contribution in [3.05, 3.63) is 93.0 Å². The molecule has 0 saturated heterocycles. The van der Waals surface area contributed by atoms with Gasteiger partial charge in [-0.1, -0.05) is 72.1 Å². The molecule has 0 spiro atoms. The van der Waals surface area contributed by atoms with Crippen LogP contribution in [0.1, 0.15) is 64.3 Å². The summed E-state index contributed by atoms with van der Waals surface area (Å²) in [4.78, 5) is 10.5. The fourth-order valence-electron chi connectivity index (χ4n) is 4.60. The van der Waals surface area contributed by atoms with Gasteiger partial charge in [0.1, 0.15) is 0 Å². The van der Waals surface area contributed by atoms with E-state index in [4.69, 9.17) is 9.98 Å². The van der Waals surface area contributed by atoms with Gasteiger partial charge in [-0.2, -0.15) is 0 Å². The minimum absolute atomic E-state index is 0.851. The summed E-state index contributed by atoms with van der Waals surface area (Å²) < 4.78 is 0. The van der Waals surface area contributed by atoms with Crippen LogP contribution in [0.5, 0.6) is 0 Å². The zero-order valence-electron chi connectivity index (χ0n) is 21.6. The Bertz CT molecular complexity index is 1150. The van der Waals surface area contributed by atoms with Crippen molar-refractivity contribution >= 4 is 22.8 Å². The van der Waals surface area contributed by atoms with Gasteiger partial charge in [0.25, 0.3) is 0 Å². The minimum Gasteiger partial charge on any atom is -0.251 e. The highest BCUT2D eigenvalue weighted by Gasteiger charge is 2.13. The summed E-state index contributed by atoms with van der Waals surface area (Å²) in [6, 6.07) is 17.7. The van der Waals surface area contributed by atoms with Gasteiger partial charge >= 0.3 is 0 Å². The molecule has 33 heavy (non-hydrogen) atoms. The Morgan fingerprint density at radius 3 is 1.42 bits per heavy atom. The van der Waals surface area contributed by atoms with Crippen LogP contribution in [-0.4, -0.2) is 11.4 Å². The fourth-order valence-corrected chi connectivity index (χ4v) is 4.60. The van der Waals surface area contributed by atoms with Gasteiger partial charge in [0.2, 0.25) is 0 Å². The number of hydrogen-bond acceptors (Lipinski definition) is 2. The van der Waals surface area contributed by atoms with Crippen molar-refractivity contribution in [2.45, 2.75) is 74.7 Å². The predicted molar refractivity (Wildman–Crippen MR) is 145 cm³/mol. The first-order valence-electron chi connectivity index (χ1n) is 12.0. The molecule has 0 aromatic heterocycles. The van der Waals surface area contributed by atoms with Crippen molar-refractivity contribution in [2.24, 2.45) is 9.98 Å². The van der Waals surface area contributed by atoms with Crippen LogP contribution in [0.3, 0.4) is 0 Å². The van der Waals surface area contributed by atoms with E-state index in [9.17, 15) is 0 Å². The minimum atomic E-state index is 0.851. The highest BCUT2D eigenvalue weighted by Crippen LogP contribution is 2.29. The molecule has 0 aliphatic rings. The van der Waals surface area contributed by atoms with Crippen molar-refractivity contribution in [1.82, 2.24) is 0 Å². The third-order valence-corrected chi connectivity index (χ3v) is 6.20. The Labute approximate surface area is 200 Å². The molecule has 3 aromatic carbocycles. The monoisotopic (exact) mass is 438 g/mol. The molecule has 0 bridgehead atoms. The van der Waals surface area contributed by atoms with E-state index in [1.54, 1.807) is 0 Å². The first-order valence-corrected chi connectivity index (χ1v) is 12.0. The summed E-state index contributed by atoms with van der Waals surface area (Å²) in [6.45, 7) is 17.2. The maximum absolute atomic E-state index is 5.26. The highest BCUT2D eigenvalue weighted by molar-refractivity contribution is 6.43. The summed E-state index contributed by atoms with van der Waals surface area (Å²) in [5, 5.41) is 0. The van der Waals surface area contributed by atoms with E-state index in [0.717, 1.165) is 42.1 Å². The second-order valence-corrected chi connectivity index (χ2v) is 9.45. The van der Waals surface area contributed by atoms with E-state index in [0.29, 0.717) is 0 Å². The Kier molecular flexibility index (Phi) is 8.02. The van der Waals surface area contributed by atoms with Crippen molar-refractivity contribution in [3.63, 3.8) is 0 Å². The number of nitrogens with zero attached hydrogens (tertiary/aromatic N) is 2. The molecule has 0 radical (unpaired) electrons. The van der Waals surface area contributed by atoms with Crippen LogP contribution in [0, 0.1) is 48.5 Å². The SMILES string of the molecule is CCC(=Nc1c(C)cc(C)cc1C)C(CCc1ccc(C)cc1)=Nc1c(C)cc(C)cc1C. The molecule has 0 aliphatic heterocycles. The third-order valence-electron chi connectivity index (χ3n) is 6.20. The first-order chi connectivity index (χ1) is 15.7. The summed E-state index contributed by atoms with van der Waals surface area (Å²) in [7, 11) is 0. The topological polar surface area (TPSA) is 24.7 Å². The van der Waals surface area contributed by atoms with Crippen molar-refractivity contribution < 1.29 is 0 Å². The zero-order valence-corrected chi connectivity index (χ0v) is 21.6. The first kappa shape index (κ1) is 24.6. The second kappa shape index (κ2) is 10.7. The summed E-state index contributed by atoms with van der Waals surface area (Å²) in [5.41, 5.74) is 14.4. The molecule has 0 N–H and O–H groups in total. The molecule has 0 saturated carbocycles. The number of aliphatic imine (C=N–C) groups is 2. The van der Waals surface area contributed by atoms with Crippen LogP contribution in [0.25, 0.3) is 0 Å². The number of benzene rings is 3. The summed E-state index contributed by atoms with van der Waals surface area (Å²) in [5.74, 6) is 0. The Hall–Kier alpha value is -3.00. The van der Waals surface area contributed by atoms with Gasteiger partial charge < -0.3 is 0 Å². The van der Waals surface area contributed by atoms with Crippen LogP contribution in [0.15, 0.2) is 58.5 Å². The van der Waals surface area contributed by atoms with Gasteiger partial charge in [-0.15, -0.1) is 0 Å². The maximum atomic E-state index is 5.26. The van der Waals surface area contributed by atoms with E-state index in [1.807, 2.05) is 0 Å². The third kappa shape index (κ3) is 6.28. The summed E-state index contributed by atoms with van der Waals surface area (Å²) >= 11 is 0. The van der Waals surface area contributed by atoms with Crippen molar-refractivity contribution in [2.75, 3.05) is 0 Å². The van der Waals surface area contributed by atoms with E-state index in [2.05, 4.69) is 104 Å². The van der Waals surface area contributed by atoms with Gasteiger partial charge in [0.05, 0.1) is 22.8 Å². The van der Waals surface area contributed by atoms with E-state index in [1.165, 1.54) is 44.5 Å². The highest BCUT2D eigenvalue weighted by atomic mass is 14.8. The Balaban J connectivity index is 2.09. The molecule has 0 aliphatic carbocycles. The molecule has 0 unspecified atom stereocenters. The maximum Gasteiger partial charge on any atom is 0.0692 e. The van der Waals surface area contributed by atoms with Crippen molar-refractivity contribution in [3.8, 4) is 0 Å². The number of aryl methyl sites for hydroxylation is 8. The van der Waals surface area contributed by atoms with Crippen molar-refractivity contribution in [1.29, 1.82) is 0 Å². The lowest BCUT2D eigenvalue weighted by molar-refractivity contribution is 1.04. The normalized spacial score (nSPS) is 12.4. The number of hydrogen-bond donors (Lipinski definition) is 0. The molecule has 0 heterocycles. The standard InChI is InChI=1S/C31H38N2/c1-9-28(32-30-23(5)16-21(3)17-24(30)6)29(15-14-27-12-10-20(2)11-13-27)33-31-25(7)18-22(4)19-26(31)8/h10-13,16-19H,9,14-15H2,1-8H3. The fraction of sp³-hybridized carbons (Fsp3) is 0.355. The lowest BCUT2D eigenvalue weighted by Gasteiger charge is -2.14. The lowest BCUT2D eigenvalue weighted by Crippen LogP contribution is -2.15. The molecular weight excluding hydrogens is 400 g/mol. The average molecular weight is 439 g/mol. The average Bonchev–Trinajstić information content (AvgIpc) is 2.74. The van der Waals surface area contributed by atoms with Gasteiger partial charge in [-0.05, 0) is 95.5 Å². The quantitative estimate of drug-likeness (QED) is 0.329. The molecule has 172 valence electrons. The van der Waals surface area contributed by atoms with Gasteiger partial charge in [-0.3, -0.25) is 9.98 Å². The van der Waals surface area contributed by atoms with E-state index < -0.39 is 0 Å². The molecule has 2 nitrogen and oxygen atoms in total. The van der Waals surface area contributed by atoms with Crippen LogP contribution in [-0.2, 0) is 6.42 Å². The summed E-state index contributed by atoms with van der Waals surface area (Å²) in [6.07, 6.45) is 2.67. The lowest BCUT2D eigenvalue weighted by atomic mass is 10.00. The molecule has 3 rings (SSSR count). The van der Waals surface area contributed by atoms with Gasteiger partial charge in [0, 0.05) is 0 Å². The van der Waals surface area contributed by atoms with Gasteiger partial charge in [0.15, 0.2) is 0 Å². The number of rotatable bonds is 7. The molecule has 0 fully saturated rings. The molecule has 2 heteroatoms. The molecule has 0 amide bonds. The van der Waals surface area contributed by atoms with Crippen LogP contribution < -0.4 is 0 Å². The van der Waals surface area contributed by atoms with Crippen LogP contribution >= 0.6 is 0 Å². The molecular formula is C31H38N2. The zero-order chi connectivity index (χ0) is 24.1. The van der Waals surface area contributed by atoms with Gasteiger partial charge in [-0.25, -0.2) is 0 Å². The Morgan fingerprint density at radius 1 is 0.576 bits per heavy atom. The second-order valence-electron chi connectivity index (χ2n) is 9.45. The molecule has 0 atom stereocenters. The molecule has 3 aromatic rings. The van der Waals surface area contributed by atoms with Crippen LogP contribution in [0.2, 0.25) is 0 Å². The Morgan fingerprint density at radius 2 is 1.00 bits per heavy atom. The van der Waals surface area contributed by atoms with E-state index >= 15 is 0 Å². The smallest absolute Gasteiger partial charge is 0.0692 e. The predicted octanol–water partition coefficient (Wildman–Crippen LogP) is 8.73. The van der Waals surface area contributed by atoms with Crippen LogP contribution in [0.4, 0.5) is 11.4 Å².